The van der Waals surface area contributed by atoms with Crippen molar-refractivity contribution in [2.45, 2.75) is 19.6 Å². The van der Waals surface area contributed by atoms with E-state index in [1.165, 1.54) is 31.2 Å². The van der Waals surface area contributed by atoms with Gasteiger partial charge in [-0.2, -0.15) is 0 Å². The minimum absolute atomic E-state index is 0.0909. The highest BCUT2D eigenvalue weighted by Gasteiger charge is 2.20. The zero-order chi connectivity index (χ0) is 18.2. The maximum atomic E-state index is 11.9. The second-order valence-corrected chi connectivity index (χ2v) is 5.26. The molecule has 0 heterocycles. The van der Waals surface area contributed by atoms with Gasteiger partial charge in [0.05, 0.1) is 5.56 Å². The fourth-order valence-electron chi connectivity index (χ4n) is 1.95. The summed E-state index contributed by atoms with van der Waals surface area (Å²) in [6.07, 6.45) is -1.17. The van der Waals surface area contributed by atoms with Gasteiger partial charge in [-0.25, -0.2) is 9.59 Å². The van der Waals surface area contributed by atoms with Gasteiger partial charge in [0.1, 0.15) is 5.75 Å². The van der Waals surface area contributed by atoms with Crippen molar-refractivity contribution in [1.29, 1.82) is 0 Å². The third-order valence-corrected chi connectivity index (χ3v) is 3.27. The Hall–Kier alpha value is -3.35. The van der Waals surface area contributed by atoms with Crippen molar-refractivity contribution < 1.29 is 24.2 Å². The summed E-state index contributed by atoms with van der Waals surface area (Å²) < 4.78 is 4.97. The number of carbonyl (C=O) groups is 3. The van der Waals surface area contributed by atoms with Crippen LogP contribution in [0.5, 0.6) is 5.75 Å². The van der Waals surface area contributed by atoms with Crippen LogP contribution in [0.1, 0.15) is 22.8 Å². The average molecular weight is 342 g/mol. The maximum absolute atomic E-state index is 11.9. The SMILES string of the molecule is CC(OC(=O)c1cccc(O)c1)C(=O)NC(=O)NCc1ccccc1. The summed E-state index contributed by atoms with van der Waals surface area (Å²) in [5, 5.41) is 14.0. The van der Waals surface area contributed by atoms with E-state index in [4.69, 9.17) is 4.74 Å². The molecule has 2 aromatic carbocycles. The molecule has 0 aliphatic carbocycles. The van der Waals surface area contributed by atoms with E-state index in [0.29, 0.717) is 0 Å². The first-order valence-corrected chi connectivity index (χ1v) is 7.58. The van der Waals surface area contributed by atoms with Crippen LogP contribution in [0, 0.1) is 0 Å². The number of carbonyl (C=O) groups excluding carboxylic acids is 3. The number of imide groups is 1. The molecule has 0 aromatic heterocycles. The van der Waals surface area contributed by atoms with Gasteiger partial charge < -0.3 is 15.2 Å². The Bertz CT molecular complexity index is 761. The lowest BCUT2D eigenvalue weighted by atomic mass is 10.2. The summed E-state index contributed by atoms with van der Waals surface area (Å²) in [5.74, 6) is -1.62. The number of rotatable bonds is 5. The van der Waals surface area contributed by atoms with Gasteiger partial charge in [0.25, 0.3) is 5.91 Å². The van der Waals surface area contributed by atoms with Gasteiger partial charge in [0.15, 0.2) is 6.10 Å². The fraction of sp³-hybridized carbons (Fsp3) is 0.167. The number of phenolic OH excluding ortho intramolecular Hbond substituents is 1. The van der Waals surface area contributed by atoms with Crippen molar-refractivity contribution in [1.82, 2.24) is 10.6 Å². The first-order chi connectivity index (χ1) is 12.0. The van der Waals surface area contributed by atoms with Gasteiger partial charge in [-0.05, 0) is 30.7 Å². The van der Waals surface area contributed by atoms with Gasteiger partial charge in [0.2, 0.25) is 0 Å². The number of nitrogens with one attached hydrogen (secondary N) is 2. The Labute approximate surface area is 144 Å². The van der Waals surface area contributed by atoms with Crippen molar-refractivity contribution in [3.8, 4) is 5.75 Å². The molecule has 0 radical (unpaired) electrons. The number of esters is 1. The van der Waals surface area contributed by atoms with Crippen LogP contribution in [0.4, 0.5) is 4.79 Å². The molecular formula is C18H18N2O5. The largest absolute Gasteiger partial charge is 0.508 e. The topological polar surface area (TPSA) is 105 Å². The van der Waals surface area contributed by atoms with Crippen LogP contribution in [0.3, 0.4) is 0 Å². The molecule has 0 aliphatic heterocycles. The quantitative estimate of drug-likeness (QED) is 0.721. The third kappa shape index (κ3) is 5.65. The molecule has 0 saturated heterocycles. The predicted octanol–water partition coefficient (Wildman–Crippen LogP) is 1.96. The monoisotopic (exact) mass is 342 g/mol. The molecule has 2 rings (SSSR count). The number of aromatic hydroxyl groups is 1. The van der Waals surface area contributed by atoms with Crippen LogP contribution in [-0.4, -0.2) is 29.1 Å². The molecular weight excluding hydrogens is 324 g/mol. The van der Waals surface area contributed by atoms with Crippen LogP contribution in [0.2, 0.25) is 0 Å². The van der Waals surface area contributed by atoms with Crippen LogP contribution in [0.25, 0.3) is 0 Å². The van der Waals surface area contributed by atoms with Crippen molar-refractivity contribution in [2.75, 3.05) is 0 Å². The van der Waals surface area contributed by atoms with E-state index in [-0.39, 0.29) is 17.9 Å². The van der Waals surface area contributed by atoms with Crippen molar-refractivity contribution in [3.05, 3.63) is 65.7 Å². The summed E-state index contributed by atoms with van der Waals surface area (Å²) in [6, 6.07) is 14.1. The molecule has 0 fully saturated rings. The lowest BCUT2D eigenvalue weighted by Crippen LogP contribution is -2.44. The number of urea groups is 1. The summed E-state index contributed by atoms with van der Waals surface area (Å²) >= 11 is 0. The van der Waals surface area contributed by atoms with Gasteiger partial charge in [-0.15, -0.1) is 0 Å². The lowest BCUT2D eigenvalue weighted by Gasteiger charge is -2.13. The summed E-state index contributed by atoms with van der Waals surface area (Å²) in [5.41, 5.74) is 0.988. The molecule has 7 nitrogen and oxygen atoms in total. The van der Waals surface area contributed by atoms with Crippen LogP contribution in [0.15, 0.2) is 54.6 Å². The highest BCUT2D eigenvalue weighted by Crippen LogP contribution is 2.12. The summed E-state index contributed by atoms with van der Waals surface area (Å²) in [7, 11) is 0. The smallest absolute Gasteiger partial charge is 0.339 e. The van der Waals surface area contributed by atoms with Crippen molar-refractivity contribution in [3.63, 3.8) is 0 Å². The Morgan fingerprint density at radius 2 is 1.80 bits per heavy atom. The van der Waals surface area contributed by atoms with Gasteiger partial charge >= 0.3 is 12.0 Å². The molecule has 0 bridgehead atoms. The second-order valence-electron chi connectivity index (χ2n) is 5.26. The predicted molar refractivity (Wildman–Crippen MR) is 89.8 cm³/mol. The highest BCUT2D eigenvalue weighted by atomic mass is 16.5. The number of benzene rings is 2. The maximum Gasteiger partial charge on any atom is 0.339 e. The van der Waals surface area contributed by atoms with E-state index in [1.807, 2.05) is 30.3 Å². The fourth-order valence-corrected chi connectivity index (χ4v) is 1.95. The molecule has 130 valence electrons. The molecule has 25 heavy (non-hydrogen) atoms. The first kappa shape index (κ1) is 18.0. The van der Waals surface area contributed by atoms with E-state index in [2.05, 4.69) is 10.6 Å². The molecule has 0 saturated carbocycles. The molecule has 0 aliphatic rings. The number of amides is 3. The van der Waals surface area contributed by atoms with Crippen molar-refractivity contribution in [2.24, 2.45) is 0 Å². The minimum Gasteiger partial charge on any atom is -0.508 e. The number of hydrogen-bond donors (Lipinski definition) is 3. The van der Waals surface area contributed by atoms with Crippen LogP contribution >= 0.6 is 0 Å². The molecule has 1 unspecified atom stereocenters. The van der Waals surface area contributed by atoms with Crippen LogP contribution in [-0.2, 0) is 16.1 Å². The Morgan fingerprint density at radius 3 is 2.48 bits per heavy atom. The van der Waals surface area contributed by atoms with E-state index in [1.54, 1.807) is 0 Å². The van der Waals surface area contributed by atoms with Gasteiger partial charge in [0, 0.05) is 6.54 Å². The molecule has 3 amide bonds. The first-order valence-electron chi connectivity index (χ1n) is 7.58. The standard InChI is InChI=1S/C18H18N2O5/c1-12(25-17(23)14-8-5-9-15(21)10-14)16(22)20-18(24)19-11-13-6-3-2-4-7-13/h2-10,12,21H,11H2,1H3,(H2,19,20,22,24). The number of hydrogen-bond acceptors (Lipinski definition) is 5. The Balaban J connectivity index is 1.81. The van der Waals surface area contributed by atoms with Crippen molar-refractivity contribution >= 4 is 17.9 Å². The lowest BCUT2D eigenvalue weighted by molar-refractivity contribution is -0.127. The van der Waals surface area contributed by atoms with E-state index in [0.717, 1.165) is 5.56 Å². The van der Waals surface area contributed by atoms with E-state index in [9.17, 15) is 19.5 Å². The summed E-state index contributed by atoms with van der Waals surface area (Å²) in [4.78, 5) is 35.5. The Morgan fingerprint density at radius 1 is 1.08 bits per heavy atom. The van der Waals surface area contributed by atoms with Crippen LogP contribution < -0.4 is 10.6 Å². The molecule has 0 spiro atoms. The van der Waals surface area contributed by atoms with E-state index < -0.39 is 24.0 Å². The zero-order valence-corrected chi connectivity index (χ0v) is 13.6. The molecule has 7 heteroatoms. The second kappa shape index (κ2) is 8.49. The minimum atomic E-state index is -1.17. The Kier molecular flexibility index (Phi) is 6.11. The zero-order valence-electron chi connectivity index (χ0n) is 13.6. The van der Waals surface area contributed by atoms with Gasteiger partial charge in [-0.3, -0.25) is 10.1 Å². The highest BCUT2D eigenvalue weighted by molar-refractivity contribution is 5.98. The number of ether oxygens (including phenoxy) is 1. The summed E-state index contributed by atoms with van der Waals surface area (Å²) in [6.45, 7) is 1.61. The molecule has 1 atom stereocenters. The normalized spacial score (nSPS) is 11.2. The third-order valence-electron chi connectivity index (χ3n) is 3.27. The van der Waals surface area contributed by atoms with Gasteiger partial charge in [-0.1, -0.05) is 36.4 Å². The number of phenols is 1. The molecule has 2 aromatic rings. The van der Waals surface area contributed by atoms with E-state index >= 15 is 0 Å². The molecule has 3 N–H and O–H groups in total. The average Bonchev–Trinajstić information content (AvgIpc) is 2.60.